The highest BCUT2D eigenvalue weighted by atomic mass is 16.5. The van der Waals surface area contributed by atoms with E-state index in [4.69, 9.17) is 4.74 Å². The minimum absolute atomic E-state index is 0.00219. The van der Waals surface area contributed by atoms with Crippen molar-refractivity contribution in [3.05, 3.63) is 11.6 Å². The van der Waals surface area contributed by atoms with Crippen LogP contribution in [0.25, 0.3) is 0 Å². The fourth-order valence-electron chi connectivity index (χ4n) is 9.23. The third-order valence-corrected chi connectivity index (χ3v) is 11.0. The molecule has 10 atom stereocenters. The number of hydrogen-bond acceptors (Lipinski definition) is 3. The molecule has 4 unspecified atom stereocenters. The van der Waals surface area contributed by atoms with Crippen LogP contribution in [0.4, 0.5) is 0 Å². The zero-order valence-corrected chi connectivity index (χ0v) is 18.8. The van der Waals surface area contributed by atoms with Gasteiger partial charge in [0, 0.05) is 6.54 Å². The SMILES string of the molecule is CC1CC[C@]2(C[C@@H]3[C@@H](CC4[C@H]5CC=C6C[C@@H](O)CC[C@@]6(C)C5CCC43C)O2)NC1. The Morgan fingerprint density at radius 2 is 1.93 bits per heavy atom. The first-order chi connectivity index (χ1) is 13.8. The van der Waals surface area contributed by atoms with Crippen LogP contribution < -0.4 is 5.32 Å². The van der Waals surface area contributed by atoms with E-state index in [1.807, 2.05) is 0 Å². The van der Waals surface area contributed by atoms with Crippen LogP contribution in [0.2, 0.25) is 0 Å². The summed E-state index contributed by atoms with van der Waals surface area (Å²) >= 11 is 0. The molecule has 0 aromatic heterocycles. The molecule has 6 rings (SSSR count). The van der Waals surface area contributed by atoms with E-state index in [9.17, 15) is 5.11 Å². The number of hydrogen-bond donors (Lipinski definition) is 2. The predicted molar refractivity (Wildman–Crippen MR) is 115 cm³/mol. The first kappa shape index (κ1) is 19.3. The molecule has 3 saturated carbocycles. The van der Waals surface area contributed by atoms with E-state index >= 15 is 0 Å². The van der Waals surface area contributed by atoms with Crippen LogP contribution in [-0.2, 0) is 4.74 Å². The van der Waals surface area contributed by atoms with Crippen molar-refractivity contribution in [2.75, 3.05) is 6.54 Å². The molecule has 162 valence electrons. The lowest BCUT2D eigenvalue weighted by Crippen LogP contribution is -2.53. The number of rotatable bonds is 0. The average Bonchev–Trinajstić information content (AvgIpc) is 3.18. The second-order valence-electron chi connectivity index (χ2n) is 12.4. The van der Waals surface area contributed by atoms with Gasteiger partial charge in [0.15, 0.2) is 0 Å². The largest absolute Gasteiger partial charge is 0.393 e. The van der Waals surface area contributed by atoms with E-state index in [1.165, 1.54) is 51.4 Å². The van der Waals surface area contributed by atoms with E-state index < -0.39 is 0 Å². The van der Waals surface area contributed by atoms with E-state index in [1.54, 1.807) is 5.57 Å². The molecule has 1 spiro atoms. The summed E-state index contributed by atoms with van der Waals surface area (Å²) in [6.45, 7) is 8.67. The molecule has 29 heavy (non-hydrogen) atoms. The lowest BCUT2D eigenvalue weighted by molar-refractivity contribution is -0.0960. The molecular formula is C26H41NO2. The molecule has 2 N–H and O–H groups in total. The molecule has 6 aliphatic rings. The molecule has 4 aliphatic carbocycles. The highest BCUT2D eigenvalue weighted by molar-refractivity contribution is 5.26. The fraction of sp³-hybridized carbons (Fsp3) is 0.923. The Labute approximate surface area is 177 Å². The van der Waals surface area contributed by atoms with Crippen molar-refractivity contribution in [2.45, 2.75) is 103 Å². The van der Waals surface area contributed by atoms with Gasteiger partial charge in [-0.15, -0.1) is 0 Å². The molecule has 2 aliphatic heterocycles. The fourth-order valence-corrected chi connectivity index (χ4v) is 9.23. The van der Waals surface area contributed by atoms with Gasteiger partial charge in [-0.25, -0.2) is 0 Å². The van der Waals surface area contributed by atoms with Crippen LogP contribution >= 0.6 is 0 Å². The molecule has 2 saturated heterocycles. The van der Waals surface area contributed by atoms with Gasteiger partial charge in [-0.1, -0.05) is 32.4 Å². The molecule has 0 aromatic rings. The zero-order chi connectivity index (χ0) is 20.0. The van der Waals surface area contributed by atoms with Crippen LogP contribution in [0.15, 0.2) is 11.6 Å². The second-order valence-corrected chi connectivity index (χ2v) is 12.4. The maximum atomic E-state index is 10.2. The molecule has 3 nitrogen and oxygen atoms in total. The van der Waals surface area contributed by atoms with Crippen LogP contribution in [0, 0.1) is 40.4 Å². The highest BCUT2D eigenvalue weighted by Gasteiger charge is 2.65. The summed E-state index contributed by atoms with van der Waals surface area (Å²) < 4.78 is 6.89. The van der Waals surface area contributed by atoms with E-state index in [0.29, 0.717) is 16.9 Å². The van der Waals surface area contributed by atoms with Gasteiger partial charge in [-0.05, 0) is 105 Å². The minimum Gasteiger partial charge on any atom is -0.393 e. The quantitative estimate of drug-likeness (QED) is 0.561. The zero-order valence-electron chi connectivity index (χ0n) is 18.8. The Bertz CT molecular complexity index is 709. The number of aliphatic hydroxyl groups is 1. The lowest BCUT2D eigenvalue weighted by atomic mass is 9.47. The summed E-state index contributed by atoms with van der Waals surface area (Å²) in [4.78, 5) is 0. The summed E-state index contributed by atoms with van der Waals surface area (Å²) in [5.41, 5.74) is 2.41. The smallest absolute Gasteiger partial charge is 0.120 e. The normalized spacial score (nSPS) is 58.9. The van der Waals surface area contributed by atoms with Crippen molar-refractivity contribution in [2.24, 2.45) is 40.4 Å². The Hall–Kier alpha value is -0.380. The molecule has 0 amide bonds. The average molecular weight is 400 g/mol. The van der Waals surface area contributed by atoms with Crippen molar-refractivity contribution < 1.29 is 9.84 Å². The van der Waals surface area contributed by atoms with Gasteiger partial charge >= 0.3 is 0 Å². The molecular weight excluding hydrogens is 358 g/mol. The standard InChI is InChI=1S/C26H41NO2/c1-16-6-11-26(27-15-16)14-22-23(29-26)13-21-19-5-4-17-12-18(28)7-9-24(17,2)20(19)8-10-25(21,22)3/h4,16,18-23,27-28H,5-15H2,1-3H3/t16?,18-,19-,20?,21?,22+,23+,24+,25?,26-/m0/s1. The summed E-state index contributed by atoms with van der Waals surface area (Å²) in [5.74, 6) is 4.04. The van der Waals surface area contributed by atoms with Crippen molar-refractivity contribution in [1.29, 1.82) is 0 Å². The summed E-state index contributed by atoms with van der Waals surface area (Å²) in [5, 5.41) is 14.1. The summed E-state index contributed by atoms with van der Waals surface area (Å²) in [7, 11) is 0. The molecule has 2 heterocycles. The second kappa shape index (κ2) is 6.33. The van der Waals surface area contributed by atoms with Gasteiger partial charge < -0.3 is 9.84 Å². The Morgan fingerprint density at radius 3 is 2.72 bits per heavy atom. The maximum absolute atomic E-state index is 10.2. The topological polar surface area (TPSA) is 41.5 Å². The summed E-state index contributed by atoms with van der Waals surface area (Å²) in [6.07, 6.45) is 15.2. The number of nitrogens with one attached hydrogen (secondary N) is 1. The minimum atomic E-state index is -0.0964. The van der Waals surface area contributed by atoms with E-state index in [2.05, 4.69) is 32.2 Å². The van der Waals surface area contributed by atoms with Crippen molar-refractivity contribution in [1.82, 2.24) is 5.32 Å². The molecule has 0 bridgehead atoms. The van der Waals surface area contributed by atoms with Crippen molar-refractivity contribution in [3.63, 3.8) is 0 Å². The highest BCUT2D eigenvalue weighted by Crippen LogP contribution is 2.69. The predicted octanol–water partition coefficient (Wildman–Crippen LogP) is 5.04. The van der Waals surface area contributed by atoms with Gasteiger partial charge in [0.05, 0.1) is 12.2 Å². The molecule has 5 fully saturated rings. The van der Waals surface area contributed by atoms with Gasteiger partial charge in [-0.3, -0.25) is 5.32 Å². The van der Waals surface area contributed by atoms with Gasteiger partial charge in [0.25, 0.3) is 0 Å². The number of ether oxygens (including phenoxy) is 1. The number of piperidine rings is 1. The third-order valence-electron chi connectivity index (χ3n) is 11.0. The van der Waals surface area contributed by atoms with Crippen molar-refractivity contribution >= 4 is 0 Å². The monoisotopic (exact) mass is 399 g/mol. The number of fused-ring (bicyclic) bond motifs is 7. The van der Waals surface area contributed by atoms with Crippen LogP contribution in [0.5, 0.6) is 0 Å². The Kier molecular flexibility index (Phi) is 4.21. The van der Waals surface area contributed by atoms with Crippen LogP contribution in [0.1, 0.15) is 85.0 Å². The van der Waals surface area contributed by atoms with E-state index in [0.717, 1.165) is 49.0 Å². The lowest BCUT2D eigenvalue weighted by Gasteiger charge is -2.58. The number of allylic oxidation sites excluding steroid dienone is 1. The summed E-state index contributed by atoms with van der Waals surface area (Å²) in [6, 6.07) is 0. The Balaban J connectivity index is 1.25. The van der Waals surface area contributed by atoms with Crippen LogP contribution in [0.3, 0.4) is 0 Å². The van der Waals surface area contributed by atoms with E-state index in [-0.39, 0.29) is 11.8 Å². The molecule has 0 aromatic carbocycles. The first-order valence-corrected chi connectivity index (χ1v) is 12.6. The molecule has 3 heteroatoms. The van der Waals surface area contributed by atoms with Crippen molar-refractivity contribution in [3.8, 4) is 0 Å². The van der Waals surface area contributed by atoms with Gasteiger partial charge in [0.2, 0.25) is 0 Å². The van der Waals surface area contributed by atoms with Crippen LogP contribution in [-0.4, -0.2) is 29.6 Å². The van der Waals surface area contributed by atoms with Gasteiger partial charge in [0.1, 0.15) is 5.72 Å². The molecule has 0 radical (unpaired) electrons. The van der Waals surface area contributed by atoms with Gasteiger partial charge in [-0.2, -0.15) is 0 Å². The maximum Gasteiger partial charge on any atom is 0.120 e. The number of aliphatic hydroxyl groups excluding tert-OH is 1. The first-order valence-electron chi connectivity index (χ1n) is 12.6. The Morgan fingerprint density at radius 1 is 1.07 bits per heavy atom. The third kappa shape index (κ3) is 2.66.